The van der Waals surface area contributed by atoms with Crippen LogP contribution in [0.25, 0.3) is 0 Å². The first-order valence-corrected chi connectivity index (χ1v) is 4.42. The van der Waals surface area contributed by atoms with Gasteiger partial charge >= 0.3 is 0 Å². The Bertz CT molecular complexity index is 111. The molecule has 1 nitrogen and oxygen atoms in total. The van der Waals surface area contributed by atoms with Crippen LogP contribution in [-0.2, 0) is 0 Å². The lowest BCUT2D eigenvalue weighted by Crippen LogP contribution is -2.40. The van der Waals surface area contributed by atoms with Crippen molar-refractivity contribution in [2.75, 3.05) is 13.6 Å². The van der Waals surface area contributed by atoms with E-state index in [1.165, 1.54) is 19.4 Å². The van der Waals surface area contributed by atoms with Crippen LogP contribution in [0.15, 0.2) is 0 Å². The molecule has 3 rings (SSSR count). The Hall–Kier alpha value is -0.0400. The Morgan fingerprint density at radius 1 is 1.30 bits per heavy atom. The first kappa shape index (κ1) is 8.06. The molecule has 0 atom stereocenters. The van der Waals surface area contributed by atoms with Gasteiger partial charge in [-0.1, -0.05) is 13.8 Å². The van der Waals surface area contributed by atoms with Gasteiger partial charge < -0.3 is 4.90 Å². The molecule has 0 aromatic heterocycles. The van der Waals surface area contributed by atoms with E-state index in [0.717, 1.165) is 5.92 Å². The molecule has 1 heteroatoms. The maximum absolute atomic E-state index is 2.50. The molecule has 60 valence electrons. The highest BCUT2D eigenvalue weighted by Gasteiger charge is 2.50. The van der Waals surface area contributed by atoms with E-state index in [2.05, 4.69) is 18.9 Å². The molecular formula is C9H19N. The minimum atomic E-state index is 0.630. The number of fused-ring (bicyclic) bond motifs is 1. The van der Waals surface area contributed by atoms with Gasteiger partial charge in [0.25, 0.3) is 0 Å². The molecule has 0 spiro atoms. The van der Waals surface area contributed by atoms with E-state index in [9.17, 15) is 0 Å². The maximum Gasteiger partial charge on any atom is 0.0184 e. The van der Waals surface area contributed by atoms with Crippen molar-refractivity contribution in [3.8, 4) is 0 Å². The van der Waals surface area contributed by atoms with Crippen molar-refractivity contribution in [2.45, 2.75) is 39.2 Å². The topological polar surface area (TPSA) is 3.24 Å². The van der Waals surface area contributed by atoms with Crippen LogP contribution in [0, 0.1) is 5.92 Å². The third-order valence-electron chi connectivity index (χ3n) is 2.91. The van der Waals surface area contributed by atoms with Crippen molar-refractivity contribution in [3.63, 3.8) is 0 Å². The van der Waals surface area contributed by atoms with Gasteiger partial charge in [-0.2, -0.15) is 0 Å². The number of rotatable bonds is 0. The zero-order valence-corrected chi connectivity index (χ0v) is 7.65. The van der Waals surface area contributed by atoms with Gasteiger partial charge in [-0.3, -0.25) is 0 Å². The highest BCUT2D eigenvalue weighted by molar-refractivity contribution is 5.05. The summed E-state index contributed by atoms with van der Waals surface area (Å²) in [5.74, 6) is 1.06. The van der Waals surface area contributed by atoms with Gasteiger partial charge in [0.1, 0.15) is 0 Å². The second-order valence-corrected chi connectivity index (χ2v) is 3.65. The highest BCUT2D eigenvalue weighted by atomic mass is 15.2. The van der Waals surface area contributed by atoms with Crippen LogP contribution in [0.2, 0.25) is 0 Å². The average molecular weight is 141 g/mol. The van der Waals surface area contributed by atoms with Crippen LogP contribution >= 0.6 is 0 Å². The van der Waals surface area contributed by atoms with Gasteiger partial charge in [-0.05, 0) is 32.7 Å². The summed E-state index contributed by atoms with van der Waals surface area (Å²) in [5.41, 5.74) is 0.630. The summed E-state index contributed by atoms with van der Waals surface area (Å²) < 4.78 is 0. The molecule has 0 unspecified atom stereocenters. The molecule has 0 N–H and O–H groups in total. The summed E-state index contributed by atoms with van der Waals surface area (Å²) in [4.78, 5) is 2.50. The largest absolute Gasteiger partial charge is 0.301 e. The Balaban J connectivity index is 0.000000231. The Morgan fingerprint density at radius 3 is 1.90 bits per heavy atom. The van der Waals surface area contributed by atoms with Crippen molar-refractivity contribution in [2.24, 2.45) is 5.92 Å². The molecule has 1 saturated carbocycles. The molecule has 0 aromatic rings. The molecule has 1 aliphatic carbocycles. The Labute approximate surface area is 64.4 Å². The number of nitrogens with zero attached hydrogens (tertiary/aromatic N) is 1. The van der Waals surface area contributed by atoms with E-state index in [1.807, 2.05) is 13.8 Å². The van der Waals surface area contributed by atoms with Crippen LogP contribution in [0.5, 0.6) is 0 Å². The van der Waals surface area contributed by atoms with Crippen molar-refractivity contribution >= 4 is 0 Å². The van der Waals surface area contributed by atoms with Crippen molar-refractivity contribution in [1.29, 1.82) is 0 Å². The molecule has 2 heterocycles. The van der Waals surface area contributed by atoms with Gasteiger partial charge in [0.2, 0.25) is 0 Å². The normalized spacial score (nSPS) is 43.8. The van der Waals surface area contributed by atoms with Gasteiger partial charge in [0.05, 0.1) is 0 Å². The average Bonchev–Trinajstić information content (AvgIpc) is 2.25. The van der Waals surface area contributed by atoms with Crippen LogP contribution in [-0.4, -0.2) is 24.0 Å². The fraction of sp³-hybridized carbons (Fsp3) is 1.00. The molecule has 2 bridgehead atoms. The van der Waals surface area contributed by atoms with E-state index in [0.29, 0.717) is 5.54 Å². The molecule has 3 fully saturated rings. The SMILES string of the molecule is CC.CN1CC2CC1(C)C2. The Kier molecular flexibility index (Phi) is 2.04. The fourth-order valence-electron chi connectivity index (χ4n) is 2.23. The zero-order valence-electron chi connectivity index (χ0n) is 7.65. The monoisotopic (exact) mass is 141 g/mol. The third kappa shape index (κ3) is 0.968. The van der Waals surface area contributed by atoms with Crippen molar-refractivity contribution in [1.82, 2.24) is 4.90 Å². The standard InChI is InChI=1S/C7H13N.C2H6/c1-7-3-6(4-7)5-8(7)2;1-2/h6H,3-5H2,1-2H3;1-2H3. The summed E-state index contributed by atoms with van der Waals surface area (Å²) in [7, 11) is 2.24. The van der Waals surface area contributed by atoms with E-state index in [1.54, 1.807) is 0 Å². The highest BCUT2D eigenvalue weighted by Crippen LogP contribution is 2.48. The van der Waals surface area contributed by atoms with E-state index in [-0.39, 0.29) is 0 Å². The molecule has 0 amide bonds. The molecule has 3 aliphatic rings. The number of hydrogen-bond donors (Lipinski definition) is 0. The second-order valence-electron chi connectivity index (χ2n) is 3.65. The lowest BCUT2D eigenvalue weighted by molar-refractivity contribution is 0.154. The van der Waals surface area contributed by atoms with Crippen molar-refractivity contribution in [3.05, 3.63) is 0 Å². The quantitative estimate of drug-likeness (QED) is 0.499. The van der Waals surface area contributed by atoms with Gasteiger partial charge in [-0.15, -0.1) is 0 Å². The summed E-state index contributed by atoms with van der Waals surface area (Å²) >= 11 is 0. The van der Waals surface area contributed by atoms with Crippen molar-refractivity contribution < 1.29 is 0 Å². The lowest BCUT2D eigenvalue weighted by atomic mass is 9.75. The van der Waals surface area contributed by atoms with Crippen LogP contribution < -0.4 is 0 Å². The fourth-order valence-corrected chi connectivity index (χ4v) is 2.23. The third-order valence-corrected chi connectivity index (χ3v) is 2.91. The Morgan fingerprint density at radius 2 is 1.80 bits per heavy atom. The lowest BCUT2D eigenvalue weighted by Gasteiger charge is -2.37. The van der Waals surface area contributed by atoms with Crippen LogP contribution in [0.4, 0.5) is 0 Å². The summed E-state index contributed by atoms with van der Waals surface area (Å²) in [6, 6.07) is 0. The molecule has 2 saturated heterocycles. The zero-order chi connectivity index (χ0) is 7.78. The van der Waals surface area contributed by atoms with E-state index in [4.69, 9.17) is 0 Å². The molecule has 0 radical (unpaired) electrons. The maximum atomic E-state index is 2.50. The predicted octanol–water partition coefficient (Wildman–Crippen LogP) is 2.13. The summed E-state index contributed by atoms with van der Waals surface area (Å²) in [6.07, 6.45) is 2.92. The first-order valence-electron chi connectivity index (χ1n) is 4.42. The molecule has 0 aromatic carbocycles. The van der Waals surface area contributed by atoms with Crippen LogP contribution in [0.1, 0.15) is 33.6 Å². The smallest absolute Gasteiger partial charge is 0.0184 e. The molecule has 10 heavy (non-hydrogen) atoms. The summed E-state index contributed by atoms with van der Waals surface area (Å²) in [5, 5.41) is 0. The number of hydrogen-bond acceptors (Lipinski definition) is 1. The van der Waals surface area contributed by atoms with E-state index >= 15 is 0 Å². The van der Waals surface area contributed by atoms with Gasteiger partial charge in [0.15, 0.2) is 0 Å². The van der Waals surface area contributed by atoms with Gasteiger partial charge in [0, 0.05) is 12.1 Å². The van der Waals surface area contributed by atoms with E-state index < -0.39 is 0 Å². The van der Waals surface area contributed by atoms with Crippen LogP contribution in [0.3, 0.4) is 0 Å². The minimum Gasteiger partial charge on any atom is -0.301 e. The second kappa shape index (κ2) is 2.54. The summed E-state index contributed by atoms with van der Waals surface area (Å²) in [6.45, 7) is 7.73. The van der Waals surface area contributed by atoms with Gasteiger partial charge in [-0.25, -0.2) is 0 Å². The molecular weight excluding hydrogens is 122 g/mol. The first-order chi connectivity index (χ1) is 4.71. The predicted molar refractivity (Wildman–Crippen MR) is 45.1 cm³/mol. The minimum absolute atomic E-state index is 0.630. The molecule has 2 aliphatic heterocycles.